The number of phenols is 1. The molecular weight excluding hydrogens is 259 g/mol. The first-order valence-corrected chi connectivity index (χ1v) is 5.95. The standard InChI is InChI=1S/C15H13FN2O2/c1-10-6-7-12(14(19)8-10)15(20)18-17-9-11-4-2-3-5-13(11)16/h2-9,19H,1H3,(H,18,20)/b17-9+. The number of phenolic OH excluding ortho intramolecular Hbond substituents is 1. The van der Waals surface area contributed by atoms with Crippen LogP contribution in [0.3, 0.4) is 0 Å². The smallest absolute Gasteiger partial charge is 0.275 e. The van der Waals surface area contributed by atoms with Crippen LogP contribution in [0, 0.1) is 12.7 Å². The van der Waals surface area contributed by atoms with Crippen molar-refractivity contribution in [3.8, 4) is 5.75 Å². The van der Waals surface area contributed by atoms with Gasteiger partial charge in [-0.3, -0.25) is 4.79 Å². The summed E-state index contributed by atoms with van der Waals surface area (Å²) < 4.78 is 13.3. The highest BCUT2D eigenvalue weighted by Crippen LogP contribution is 2.18. The highest BCUT2D eigenvalue weighted by molar-refractivity contribution is 5.97. The maximum absolute atomic E-state index is 13.3. The summed E-state index contributed by atoms with van der Waals surface area (Å²) in [5.41, 5.74) is 3.46. The second-order valence-electron chi connectivity index (χ2n) is 4.24. The summed E-state index contributed by atoms with van der Waals surface area (Å²) in [4.78, 5) is 11.8. The van der Waals surface area contributed by atoms with Crippen LogP contribution >= 0.6 is 0 Å². The summed E-state index contributed by atoms with van der Waals surface area (Å²) in [5, 5.41) is 13.3. The number of nitrogens with zero attached hydrogens (tertiary/aromatic N) is 1. The average Bonchev–Trinajstić information content (AvgIpc) is 2.40. The molecule has 0 saturated carbocycles. The molecule has 0 aliphatic rings. The molecule has 0 aliphatic carbocycles. The number of rotatable bonds is 3. The Bertz CT molecular complexity index is 669. The fourth-order valence-corrected chi connectivity index (χ4v) is 1.63. The van der Waals surface area contributed by atoms with Crippen molar-refractivity contribution >= 4 is 12.1 Å². The lowest BCUT2D eigenvalue weighted by Crippen LogP contribution is -2.17. The van der Waals surface area contributed by atoms with E-state index in [1.54, 1.807) is 25.1 Å². The molecule has 0 atom stereocenters. The Labute approximate surface area is 115 Å². The van der Waals surface area contributed by atoms with Gasteiger partial charge in [-0.05, 0) is 30.7 Å². The quantitative estimate of drug-likeness (QED) is 0.666. The normalized spacial score (nSPS) is 10.7. The molecule has 1 amide bonds. The summed E-state index contributed by atoms with van der Waals surface area (Å²) in [5.74, 6) is -1.11. The van der Waals surface area contributed by atoms with E-state index in [2.05, 4.69) is 10.5 Å². The molecule has 2 aromatic rings. The van der Waals surface area contributed by atoms with E-state index < -0.39 is 11.7 Å². The Morgan fingerprint density at radius 1 is 1.30 bits per heavy atom. The Hall–Kier alpha value is -2.69. The molecule has 20 heavy (non-hydrogen) atoms. The molecule has 4 nitrogen and oxygen atoms in total. The first-order chi connectivity index (χ1) is 9.58. The van der Waals surface area contributed by atoms with Crippen molar-refractivity contribution in [3.05, 3.63) is 65.0 Å². The Morgan fingerprint density at radius 2 is 2.05 bits per heavy atom. The van der Waals surface area contributed by atoms with Gasteiger partial charge in [0.25, 0.3) is 5.91 Å². The second kappa shape index (κ2) is 5.97. The Morgan fingerprint density at radius 3 is 2.75 bits per heavy atom. The predicted molar refractivity (Wildman–Crippen MR) is 74.3 cm³/mol. The van der Waals surface area contributed by atoms with Crippen LogP contribution in [0.4, 0.5) is 4.39 Å². The molecule has 0 aromatic heterocycles. The molecule has 2 N–H and O–H groups in total. The van der Waals surface area contributed by atoms with Crippen molar-refractivity contribution < 1.29 is 14.3 Å². The Balaban J connectivity index is 2.07. The fourth-order valence-electron chi connectivity index (χ4n) is 1.63. The van der Waals surface area contributed by atoms with Crippen molar-refractivity contribution in [2.24, 2.45) is 5.10 Å². The van der Waals surface area contributed by atoms with Crippen molar-refractivity contribution in [2.45, 2.75) is 6.92 Å². The van der Waals surface area contributed by atoms with Gasteiger partial charge in [0.1, 0.15) is 11.6 Å². The van der Waals surface area contributed by atoms with Crippen molar-refractivity contribution in [1.29, 1.82) is 0 Å². The van der Waals surface area contributed by atoms with Gasteiger partial charge in [-0.15, -0.1) is 0 Å². The van der Waals surface area contributed by atoms with Crippen LogP contribution in [0.2, 0.25) is 0 Å². The van der Waals surface area contributed by atoms with Crippen LogP contribution < -0.4 is 5.43 Å². The number of benzene rings is 2. The Kier molecular flexibility index (Phi) is 4.10. The second-order valence-corrected chi connectivity index (χ2v) is 4.24. The summed E-state index contributed by atoms with van der Waals surface area (Å²) in [6.45, 7) is 1.80. The van der Waals surface area contributed by atoms with Gasteiger partial charge in [0, 0.05) is 5.56 Å². The molecular formula is C15H13FN2O2. The summed E-state index contributed by atoms with van der Waals surface area (Å²) in [6.07, 6.45) is 1.21. The molecule has 5 heteroatoms. The molecule has 0 bridgehead atoms. The predicted octanol–water partition coefficient (Wildman–Crippen LogP) is 2.60. The van der Waals surface area contributed by atoms with E-state index in [1.807, 2.05) is 0 Å². The van der Waals surface area contributed by atoms with Gasteiger partial charge in [-0.1, -0.05) is 24.3 Å². The first kappa shape index (κ1) is 13.7. The molecule has 0 spiro atoms. The number of aromatic hydroxyl groups is 1. The average molecular weight is 272 g/mol. The summed E-state index contributed by atoms with van der Waals surface area (Å²) in [6, 6.07) is 10.8. The number of hydrazone groups is 1. The van der Waals surface area contributed by atoms with Gasteiger partial charge in [0.05, 0.1) is 11.8 Å². The molecule has 2 aromatic carbocycles. The number of amides is 1. The molecule has 0 saturated heterocycles. The van der Waals surface area contributed by atoms with Gasteiger partial charge in [-0.2, -0.15) is 5.10 Å². The first-order valence-electron chi connectivity index (χ1n) is 5.95. The van der Waals surface area contributed by atoms with E-state index in [-0.39, 0.29) is 16.9 Å². The molecule has 0 unspecified atom stereocenters. The van der Waals surface area contributed by atoms with Crippen LogP contribution in [0.5, 0.6) is 5.75 Å². The SMILES string of the molecule is Cc1ccc(C(=O)N/N=C/c2ccccc2F)c(O)c1. The van der Waals surface area contributed by atoms with Crippen LogP contribution in [0.15, 0.2) is 47.6 Å². The van der Waals surface area contributed by atoms with Gasteiger partial charge in [0.2, 0.25) is 0 Å². The van der Waals surface area contributed by atoms with Crippen LogP contribution in [-0.2, 0) is 0 Å². The van der Waals surface area contributed by atoms with Gasteiger partial charge < -0.3 is 5.11 Å². The zero-order chi connectivity index (χ0) is 14.5. The molecule has 0 radical (unpaired) electrons. The fraction of sp³-hybridized carbons (Fsp3) is 0.0667. The van der Waals surface area contributed by atoms with Gasteiger partial charge in [0.15, 0.2) is 0 Å². The maximum atomic E-state index is 13.3. The number of carbonyl (C=O) groups is 1. The lowest BCUT2D eigenvalue weighted by atomic mass is 10.1. The monoisotopic (exact) mass is 272 g/mol. The van der Waals surface area contributed by atoms with Crippen molar-refractivity contribution in [1.82, 2.24) is 5.43 Å². The minimum atomic E-state index is -0.560. The highest BCUT2D eigenvalue weighted by Gasteiger charge is 2.09. The van der Waals surface area contributed by atoms with E-state index in [0.29, 0.717) is 0 Å². The zero-order valence-electron chi connectivity index (χ0n) is 10.8. The molecule has 2 rings (SSSR count). The summed E-state index contributed by atoms with van der Waals surface area (Å²) in [7, 11) is 0. The number of nitrogens with one attached hydrogen (secondary N) is 1. The largest absolute Gasteiger partial charge is 0.507 e. The van der Waals surface area contributed by atoms with Crippen molar-refractivity contribution in [3.63, 3.8) is 0 Å². The zero-order valence-corrected chi connectivity index (χ0v) is 10.8. The van der Waals surface area contributed by atoms with E-state index >= 15 is 0 Å². The number of hydrogen-bond acceptors (Lipinski definition) is 3. The highest BCUT2D eigenvalue weighted by atomic mass is 19.1. The minimum Gasteiger partial charge on any atom is -0.507 e. The van der Waals surface area contributed by atoms with E-state index in [1.165, 1.54) is 30.5 Å². The molecule has 0 fully saturated rings. The van der Waals surface area contributed by atoms with Crippen LogP contribution in [-0.4, -0.2) is 17.2 Å². The van der Waals surface area contributed by atoms with Crippen molar-refractivity contribution in [2.75, 3.05) is 0 Å². The third-order valence-corrected chi connectivity index (χ3v) is 2.67. The van der Waals surface area contributed by atoms with Crippen LogP contribution in [0.25, 0.3) is 0 Å². The third kappa shape index (κ3) is 3.20. The van der Waals surface area contributed by atoms with Gasteiger partial charge in [-0.25, -0.2) is 9.82 Å². The topological polar surface area (TPSA) is 61.7 Å². The lowest BCUT2D eigenvalue weighted by molar-refractivity contribution is 0.0952. The lowest BCUT2D eigenvalue weighted by Gasteiger charge is -2.03. The number of hydrogen-bond donors (Lipinski definition) is 2. The maximum Gasteiger partial charge on any atom is 0.275 e. The van der Waals surface area contributed by atoms with Crippen LogP contribution in [0.1, 0.15) is 21.5 Å². The third-order valence-electron chi connectivity index (χ3n) is 2.67. The number of carbonyl (C=O) groups excluding carboxylic acids is 1. The summed E-state index contributed by atoms with van der Waals surface area (Å²) >= 11 is 0. The molecule has 0 heterocycles. The molecule has 0 aliphatic heterocycles. The molecule has 102 valence electrons. The van der Waals surface area contributed by atoms with E-state index in [9.17, 15) is 14.3 Å². The number of aryl methyl sites for hydroxylation is 1. The minimum absolute atomic E-state index is 0.112. The van der Waals surface area contributed by atoms with E-state index in [0.717, 1.165) is 5.56 Å². The number of halogens is 1. The van der Waals surface area contributed by atoms with Gasteiger partial charge >= 0.3 is 0 Å². The van der Waals surface area contributed by atoms with E-state index in [4.69, 9.17) is 0 Å².